The first-order valence-corrected chi connectivity index (χ1v) is 5.03. The van der Waals surface area contributed by atoms with Crippen molar-refractivity contribution in [2.45, 2.75) is 32.6 Å². The van der Waals surface area contributed by atoms with Crippen LogP contribution in [0.5, 0.6) is 0 Å². The number of hydrogen-bond donors (Lipinski definition) is 0. The van der Waals surface area contributed by atoms with Gasteiger partial charge in [0.05, 0.1) is 0 Å². The van der Waals surface area contributed by atoms with Crippen LogP contribution < -0.4 is 0 Å². The van der Waals surface area contributed by atoms with Crippen molar-refractivity contribution in [1.82, 2.24) is 0 Å². The van der Waals surface area contributed by atoms with Crippen LogP contribution in [0.1, 0.15) is 36.0 Å². The van der Waals surface area contributed by atoms with E-state index in [0.717, 1.165) is 0 Å². The van der Waals surface area contributed by atoms with E-state index in [1.807, 2.05) is 0 Å². The molecule has 0 radical (unpaired) electrons. The molecule has 1 atom stereocenters. The summed E-state index contributed by atoms with van der Waals surface area (Å²) in [6.07, 6.45) is 7.04. The van der Waals surface area contributed by atoms with E-state index in [9.17, 15) is 0 Å². The van der Waals surface area contributed by atoms with Gasteiger partial charge in [-0.25, -0.2) is 0 Å². The van der Waals surface area contributed by atoms with Gasteiger partial charge in [0.15, 0.2) is 0 Å². The fraction of sp³-hybridized carbons (Fsp3) is 0.385. The van der Waals surface area contributed by atoms with Crippen LogP contribution in [0, 0.1) is 6.92 Å². The minimum atomic E-state index is 0.681. The van der Waals surface area contributed by atoms with Crippen LogP contribution in [0.4, 0.5) is 0 Å². The minimum Gasteiger partial charge on any atom is -0.0910 e. The molecule has 0 spiro atoms. The van der Waals surface area contributed by atoms with Gasteiger partial charge in [-0.2, -0.15) is 0 Å². The zero-order chi connectivity index (χ0) is 9.26. The first kappa shape index (κ1) is 8.55. The van der Waals surface area contributed by atoms with Crippen molar-refractivity contribution in [3.8, 4) is 0 Å². The number of aryl methyl sites for hydroxylation is 2. The lowest BCUT2D eigenvalue weighted by Crippen LogP contribution is -1.88. The quantitative estimate of drug-likeness (QED) is 0.568. The molecule has 0 saturated heterocycles. The maximum absolute atomic E-state index is 2.33. The van der Waals surface area contributed by atoms with Crippen LogP contribution in [0.2, 0.25) is 0 Å². The molecule has 0 heteroatoms. The van der Waals surface area contributed by atoms with Gasteiger partial charge in [-0.05, 0) is 37.8 Å². The summed E-state index contributed by atoms with van der Waals surface area (Å²) >= 11 is 0. The van der Waals surface area contributed by atoms with E-state index in [0.29, 0.717) is 5.92 Å². The molecule has 13 heavy (non-hydrogen) atoms. The standard InChI is InChI=1S/C13H16/c1-3-4-11-6-7-12-9-10(2)5-8-13(11)12/h3-5,8-9,11H,6-7H2,1-2H3/b4-3-. The Balaban J connectivity index is 2.38. The van der Waals surface area contributed by atoms with Gasteiger partial charge in [-0.3, -0.25) is 0 Å². The summed E-state index contributed by atoms with van der Waals surface area (Å²) in [5.74, 6) is 0.681. The van der Waals surface area contributed by atoms with E-state index in [1.165, 1.54) is 18.4 Å². The van der Waals surface area contributed by atoms with Crippen LogP contribution in [-0.4, -0.2) is 0 Å². The lowest BCUT2D eigenvalue weighted by molar-refractivity contribution is 0.813. The highest BCUT2D eigenvalue weighted by molar-refractivity contribution is 5.40. The van der Waals surface area contributed by atoms with E-state index in [4.69, 9.17) is 0 Å². The third kappa shape index (κ3) is 1.53. The number of rotatable bonds is 1. The van der Waals surface area contributed by atoms with E-state index in [2.05, 4.69) is 44.2 Å². The predicted molar refractivity (Wildman–Crippen MR) is 57.1 cm³/mol. The maximum Gasteiger partial charge on any atom is 0.00237 e. The van der Waals surface area contributed by atoms with Crippen molar-refractivity contribution in [3.05, 3.63) is 47.0 Å². The molecule has 1 aromatic rings. The molecule has 0 fully saturated rings. The monoisotopic (exact) mass is 172 g/mol. The largest absolute Gasteiger partial charge is 0.0910 e. The Bertz CT molecular complexity index is 334. The van der Waals surface area contributed by atoms with Gasteiger partial charge in [-0.1, -0.05) is 35.9 Å². The molecule has 0 nitrogen and oxygen atoms in total. The summed E-state index contributed by atoms with van der Waals surface area (Å²) in [7, 11) is 0. The predicted octanol–water partition coefficient (Wildman–Crippen LogP) is 3.60. The molecular formula is C13H16. The molecule has 1 aromatic carbocycles. The molecule has 1 aliphatic carbocycles. The van der Waals surface area contributed by atoms with Gasteiger partial charge in [0.25, 0.3) is 0 Å². The summed E-state index contributed by atoms with van der Waals surface area (Å²) in [5.41, 5.74) is 4.49. The van der Waals surface area contributed by atoms with E-state index >= 15 is 0 Å². The Morgan fingerprint density at radius 1 is 1.38 bits per heavy atom. The van der Waals surface area contributed by atoms with Crippen LogP contribution in [0.15, 0.2) is 30.4 Å². The summed E-state index contributed by atoms with van der Waals surface area (Å²) < 4.78 is 0. The third-order valence-corrected chi connectivity index (χ3v) is 2.85. The second-order valence-electron chi connectivity index (χ2n) is 3.87. The van der Waals surface area contributed by atoms with Crippen molar-refractivity contribution in [2.24, 2.45) is 0 Å². The molecule has 0 aliphatic heterocycles. The van der Waals surface area contributed by atoms with Crippen molar-refractivity contribution >= 4 is 0 Å². The zero-order valence-corrected chi connectivity index (χ0v) is 8.38. The second-order valence-corrected chi connectivity index (χ2v) is 3.87. The molecule has 0 N–H and O–H groups in total. The first-order chi connectivity index (χ1) is 6.31. The molecule has 1 aliphatic rings. The smallest absolute Gasteiger partial charge is 0.00237 e. The Morgan fingerprint density at radius 2 is 2.23 bits per heavy atom. The van der Waals surface area contributed by atoms with E-state index < -0.39 is 0 Å². The lowest BCUT2D eigenvalue weighted by Gasteiger charge is -2.05. The molecule has 0 saturated carbocycles. The van der Waals surface area contributed by atoms with Crippen LogP contribution in [0.25, 0.3) is 0 Å². The van der Waals surface area contributed by atoms with Gasteiger partial charge >= 0.3 is 0 Å². The average Bonchev–Trinajstić information content (AvgIpc) is 2.49. The molecule has 68 valence electrons. The second kappa shape index (κ2) is 3.37. The van der Waals surface area contributed by atoms with Gasteiger partial charge < -0.3 is 0 Å². The number of hydrogen-bond acceptors (Lipinski definition) is 0. The molecule has 1 unspecified atom stereocenters. The van der Waals surface area contributed by atoms with Crippen LogP contribution >= 0.6 is 0 Å². The van der Waals surface area contributed by atoms with Crippen molar-refractivity contribution in [2.75, 3.05) is 0 Å². The lowest BCUT2D eigenvalue weighted by atomic mass is 10.00. The topological polar surface area (TPSA) is 0 Å². The number of allylic oxidation sites excluding steroid dienone is 2. The average molecular weight is 172 g/mol. The summed E-state index contributed by atoms with van der Waals surface area (Å²) in [5, 5.41) is 0. The fourth-order valence-electron chi connectivity index (χ4n) is 2.21. The molecular weight excluding hydrogens is 156 g/mol. The first-order valence-electron chi connectivity index (χ1n) is 5.03. The number of fused-ring (bicyclic) bond motifs is 1. The minimum absolute atomic E-state index is 0.681. The van der Waals surface area contributed by atoms with Gasteiger partial charge in [0, 0.05) is 5.92 Å². The normalized spacial score (nSPS) is 20.9. The van der Waals surface area contributed by atoms with Crippen LogP contribution in [0.3, 0.4) is 0 Å². The van der Waals surface area contributed by atoms with Crippen LogP contribution in [-0.2, 0) is 6.42 Å². The van der Waals surface area contributed by atoms with Gasteiger partial charge in [-0.15, -0.1) is 0 Å². The van der Waals surface area contributed by atoms with Crippen molar-refractivity contribution < 1.29 is 0 Å². The van der Waals surface area contributed by atoms with E-state index in [-0.39, 0.29) is 0 Å². The summed E-state index contributed by atoms with van der Waals surface area (Å²) in [4.78, 5) is 0. The Kier molecular flexibility index (Phi) is 2.22. The SMILES string of the molecule is C/C=C\C1CCc2cc(C)ccc21. The Morgan fingerprint density at radius 3 is 3.00 bits per heavy atom. The molecule has 0 bridgehead atoms. The van der Waals surface area contributed by atoms with Gasteiger partial charge in [0.1, 0.15) is 0 Å². The van der Waals surface area contributed by atoms with E-state index in [1.54, 1.807) is 11.1 Å². The highest BCUT2D eigenvalue weighted by atomic mass is 14.2. The Hall–Kier alpha value is -1.04. The fourth-order valence-corrected chi connectivity index (χ4v) is 2.21. The maximum atomic E-state index is 2.33. The summed E-state index contributed by atoms with van der Waals surface area (Å²) in [6.45, 7) is 4.27. The van der Waals surface area contributed by atoms with Crippen molar-refractivity contribution in [3.63, 3.8) is 0 Å². The van der Waals surface area contributed by atoms with Crippen molar-refractivity contribution in [1.29, 1.82) is 0 Å². The highest BCUT2D eigenvalue weighted by Crippen LogP contribution is 2.34. The number of benzene rings is 1. The molecule has 0 heterocycles. The third-order valence-electron chi connectivity index (χ3n) is 2.85. The van der Waals surface area contributed by atoms with Gasteiger partial charge in [0.2, 0.25) is 0 Å². The zero-order valence-electron chi connectivity index (χ0n) is 8.38. The molecule has 2 rings (SSSR count). The Labute approximate surface area is 80.3 Å². The molecule has 0 aromatic heterocycles. The summed E-state index contributed by atoms with van der Waals surface area (Å²) in [6, 6.07) is 6.85. The highest BCUT2D eigenvalue weighted by Gasteiger charge is 2.19. The molecule has 0 amide bonds.